The van der Waals surface area contributed by atoms with E-state index in [2.05, 4.69) is 10.3 Å². The minimum atomic E-state index is -0.286. The van der Waals surface area contributed by atoms with Crippen LogP contribution in [-0.2, 0) is 6.42 Å². The molecule has 3 N–H and O–H groups in total. The number of halogens is 2. The summed E-state index contributed by atoms with van der Waals surface area (Å²) in [6.45, 7) is 2.04. The highest BCUT2D eigenvalue weighted by atomic mass is 35.5. The molecule has 0 unspecified atom stereocenters. The Morgan fingerprint density at radius 2 is 2.05 bits per heavy atom. The first-order valence-corrected chi connectivity index (χ1v) is 7.28. The SMILES string of the molecule is CCCc1cc(C(=O)Nc2ccc(Cl)cc2Cl)cc(N)n1. The molecular formula is C15H15Cl2N3O. The molecule has 2 rings (SSSR count). The van der Waals surface area contributed by atoms with Crippen LogP contribution in [0.1, 0.15) is 29.4 Å². The number of rotatable bonds is 4. The molecular weight excluding hydrogens is 309 g/mol. The molecule has 21 heavy (non-hydrogen) atoms. The van der Waals surface area contributed by atoms with Gasteiger partial charge < -0.3 is 11.1 Å². The predicted molar refractivity (Wildman–Crippen MR) is 87.1 cm³/mol. The third-order valence-electron chi connectivity index (χ3n) is 2.85. The average Bonchev–Trinajstić information content (AvgIpc) is 2.41. The highest BCUT2D eigenvalue weighted by Crippen LogP contribution is 2.26. The van der Waals surface area contributed by atoms with Crippen LogP contribution >= 0.6 is 23.2 Å². The van der Waals surface area contributed by atoms with Crippen molar-refractivity contribution < 1.29 is 4.79 Å². The minimum absolute atomic E-state index is 0.286. The molecule has 1 aromatic heterocycles. The molecule has 6 heteroatoms. The van der Waals surface area contributed by atoms with Gasteiger partial charge in [-0.25, -0.2) is 4.98 Å². The molecule has 2 aromatic rings. The van der Waals surface area contributed by atoms with Crippen molar-refractivity contribution in [1.82, 2.24) is 4.98 Å². The van der Waals surface area contributed by atoms with Gasteiger partial charge in [-0.05, 0) is 36.8 Å². The number of amides is 1. The highest BCUT2D eigenvalue weighted by Gasteiger charge is 2.11. The number of nitrogens with two attached hydrogens (primary N) is 1. The van der Waals surface area contributed by atoms with Gasteiger partial charge >= 0.3 is 0 Å². The van der Waals surface area contributed by atoms with Gasteiger partial charge in [0.1, 0.15) is 5.82 Å². The third kappa shape index (κ3) is 4.09. The van der Waals surface area contributed by atoms with Gasteiger partial charge in [0.15, 0.2) is 0 Å². The molecule has 0 spiro atoms. The van der Waals surface area contributed by atoms with Crippen LogP contribution in [0.25, 0.3) is 0 Å². The molecule has 0 fully saturated rings. The van der Waals surface area contributed by atoms with E-state index >= 15 is 0 Å². The first-order valence-electron chi connectivity index (χ1n) is 6.52. The van der Waals surface area contributed by atoms with Crippen LogP contribution in [0.2, 0.25) is 10.0 Å². The number of nitrogens with zero attached hydrogens (tertiary/aromatic N) is 1. The van der Waals surface area contributed by atoms with Crippen molar-refractivity contribution in [1.29, 1.82) is 0 Å². The highest BCUT2D eigenvalue weighted by molar-refractivity contribution is 6.36. The van der Waals surface area contributed by atoms with Crippen LogP contribution in [-0.4, -0.2) is 10.9 Å². The Labute approximate surface area is 133 Å². The lowest BCUT2D eigenvalue weighted by molar-refractivity contribution is 0.102. The zero-order chi connectivity index (χ0) is 15.4. The Balaban J connectivity index is 2.23. The van der Waals surface area contributed by atoms with Gasteiger partial charge in [-0.2, -0.15) is 0 Å². The largest absolute Gasteiger partial charge is 0.384 e. The zero-order valence-corrected chi connectivity index (χ0v) is 13.0. The Morgan fingerprint density at radius 1 is 1.29 bits per heavy atom. The second kappa shape index (κ2) is 6.78. The van der Waals surface area contributed by atoms with E-state index in [0.717, 1.165) is 18.5 Å². The summed E-state index contributed by atoms with van der Waals surface area (Å²) in [6.07, 6.45) is 1.70. The second-order valence-corrected chi connectivity index (χ2v) is 5.44. The smallest absolute Gasteiger partial charge is 0.255 e. The van der Waals surface area contributed by atoms with E-state index in [1.165, 1.54) is 6.07 Å². The molecule has 0 saturated heterocycles. The first-order chi connectivity index (χ1) is 9.99. The van der Waals surface area contributed by atoms with Crippen molar-refractivity contribution in [3.63, 3.8) is 0 Å². The molecule has 0 aliphatic heterocycles. The van der Waals surface area contributed by atoms with E-state index in [-0.39, 0.29) is 5.91 Å². The Bertz CT molecular complexity index is 674. The van der Waals surface area contributed by atoms with E-state index < -0.39 is 0 Å². The van der Waals surface area contributed by atoms with Gasteiger partial charge in [-0.1, -0.05) is 36.5 Å². The lowest BCUT2D eigenvalue weighted by Gasteiger charge is -2.09. The number of pyridine rings is 1. The summed E-state index contributed by atoms with van der Waals surface area (Å²) in [5, 5.41) is 3.63. The summed E-state index contributed by atoms with van der Waals surface area (Å²) in [5.74, 6) is 0.0407. The topological polar surface area (TPSA) is 68.0 Å². The normalized spacial score (nSPS) is 10.4. The fraction of sp³-hybridized carbons (Fsp3) is 0.200. The van der Waals surface area contributed by atoms with Crippen molar-refractivity contribution in [3.8, 4) is 0 Å². The number of carbonyl (C=O) groups excluding carboxylic acids is 1. The van der Waals surface area contributed by atoms with Gasteiger partial charge in [0.25, 0.3) is 5.91 Å². The molecule has 110 valence electrons. The van der Waals surface area contributed by atoms with Gasteiger partial charge in [0.2, 0.25) is 0 Å². The van der Waals surface area contributed by atoms with E-state index in [0.29, 0.717) is 27.1 Å². The molecule has 0 bridgehead atoms. The number of hydrogen-bond acceptors (Lipinski definition) is 3. The maximum atomic E-state index is 12.3. The Morgan fingerprint density at radius 3 is 2.71 bits per heavy atom. The number of aryl methyl sites for hydroxylation is 1. The van der Waals surface area contributed by atoms with Crippen LogP contribution in [0.4, 0.5) is 11.5 Å². The standard InChI is InChI=1S/C15H15Cl2N3O/c1-2-3-11-6-9(7-14(18)19-11)15(21)20-13-5-4-10(16)8-12(13)17/h4-8H,2-3H2,1H3,(H2,18,19)(H,20,21). The van der Waals surface area contributed by atoms with Crippen LogP contribution in [0, 0.1) is 0 Å². The molecule has 0 aliphatic carbocycles. The lowest BCUT2D eigenvalue weighted by atomic mass is 10.1. The van der Waals surface area contributed by atoms with Crippen molar-refractivity contribution in [3.05, 3.63) is 51.6 Å². The molecule has 0 aliphatic rings. The molecule has 1 amide bonds. The third-order valence-corrected chi connectivity index (χ3v) is 3.39. The summed E-state index contributed by atoms with van der Waals surface area (Å²) in [4.78, 5) is 16.5. The zero-order valence-electron chi connectivity index (χ0n) is 11.5. The Kier molecular flexibility index (Phi) is 5.04. The average molecular weight is 324 g/mol. The number of benzene rings is 1. The number of aromatic nitrogens is 1. The monoisotopic (exact) mass is 323 g/mol. The summed E-state index contributed by atoms with van der Waals surface area (Å²) < 4.78 is 0. The van der Waals surface area contributed by atoms with E-state index in [1.807, 2.05) is 6.92 Å². The molecule has 1 aromatic carbocycles. The summed E-state index contributed by atoms with van der Waals surface area (Å²) in [7, 11) is 0. The lowest BCUT2D eigenvalue weighted by Crippen LogP contribution is -2.13. The Hall–Kier alpha value is -1.78. The molecule has 0 radical (unpaired) electrons. The quantitative estimate of drug-likeness (QED) is 0.887. The molecule has 4 nitrogen and oxygen atoms in total. The van der Waals surface area contributed by atoms with Crippen molar-refractivity contribution in [2.45, 2.75) is 19.8 Å². The van der Waals surface area contributed by atoms with E-state index in [4.69, 9.17) is 28.9 Å². The van der Waals surface area contributed by atoms with Crippen molar-refractivity contribution in [2.75, 3.05) is 11.1 Å². The van der Waals surface area contributed by atoms with Crippen molar-refractivity contribution >= 4 is 40.6 Å². The summed E-state index contributed by atoms with van der Waals surface area (Å²) >= 11 is 11.9. The van der Waals surface area contributed by atoms with Gasteiger partial charge in [-0.15, -0.1) is 0 Å². The maximum Gasteiger partial charge on any atom is 0.255 e. The minimum Gasteiger partial charge on any atom is -0.384 e. The van der Waals surface area contributed by atoms with Crippen LogP contribution in [0.15, 0.2) is 30.3 Å². The molecule has 0 saturated carbocycles. The fourth-order valence-electron chi connectivity index (χ4n) is 1.91. The van der Waals surface area contributed by atoms with Crippen molar-refractivity contribution in [2.24, 2.45) is 0 Å². The van der Waals surface area contributed by atoms with Crippen LogP contribution < -0.4 is 11.1 Å². The van der Waals surface area contributed by atoms with E-state index in [9.17, 15) is 4.79 Å². The second-order valence-electron chi connectivity index (χ2n) is 4.60. The molecule has 0 atom stereocenters. The van der Waals surface area contributed by atoms with E-state index in [1.54, 1.807) is 24.3 Å². The number of hydrogen-bond donors (Lipinski definition) is 2. The number of carbonyl (C=O) groups is 1. The van der Waals surface area contributed by atoms with Gasteiger partial charge in [0.05, 0.1) is 10.7 Å². The summed E-state index contributed by atoms with van der Waals surface area (Å²) in [5.41, 5.74) is 7.49. The van der Waals surface area contributed by atoms with Crippen LogP contribution in [0.5, 0.6) is 0 Å². The van der Waals surface area contributed by atoms with Crippen LogP contribution in [0.3, 0.4) is 0 Å². The number of nitrogen functional groups attached to an aromatic ring is 1. The predicted octanol–water partition coefficient (Wildman–Crippen LogP) is 4.18. The number of nitrogens with one attached hydrogen (secondary N) is 1. The summed E-state index contributed by atoms with van der Waals surface area (Å²) in [6, 6.07) is 8.16. The molecule has 1 heterocycles. The fourth-order valence-corrected chi connectivity index (χ4v) is 2.37. The first kappa shape index (κ1) is 15.6. The van der Waals surface area contributed by atoms with Gasteiger partial charge in [0, 0.05) is 16.3 Å². The van der Waals surface area contributed by atoms with Gasteiger partial charge in [-0.3, -0.25) is 4.79 Å². The maximum absolute atomic E-state index is 12.3. The number of anilines is 2.